The molecule has 0 fully saturated rings. The van der Waals surface area contributed by atoms with Crippen molar-refractivity contribution in [3.63, 3.8) is 0 Å². The zero-order chi connectivity index (χ0) is 70.5. The second-order valence-electron chi connectivity index (χ2n) is 24.3. The highest BCUT2D eigenvalue weighted by molar-refractivity contribution is 5.99. The van der Waals surface area contributed by atoms with E-state index in [4.69, 9.17) is 2.74 Å². The Morgan fingerprint density at radius 1 is 0.237 bits per heavy atom. The highest BCUT2D eigenvalue weighted by atomic mass is 15.1. The predicted molar refractivity (Wildman–Crippen MR) is 387 cm³/mol. The van der Waals surface area contributed by atoms with E-state index in [1.807, 2.05) is 121 Å². The summed E-state index contributed by atoms with van der Waals surface area (Å²) in [5, 5.41) is 0. The van der Waals surface area contributed by atoms with Gasteiger partial charge < -0.3 is 9.80 Å². The first-order valence-electron chi connectivity index (χ1n) is 36.5. The fourth-order valence-corrected chi connectivity index (χ4v) is 16.3. The molecule has 0 aromatic heterocycles. The van der Waals surface area contributed by atoms with Crippen molar-refractivity contribution in [2.24, 2.45) is 0 Å². The summed E-state index contributed by atoms with van der Waals surface area (Å²) < 4.78 is 93.6. The fraction of sp³-hybridized carbons (Fsp3) is 0.0330. The lowest BCUT2D eigenvalue weighted by atomic mass is 9.67. The van der Waals surface area contributed by atoms with Gasteiger partial charge in [-0.25, -0.2) is 0 Å². The Bertz CT molecular complexity index is 5530. The van der Waals surface area contributed by atoms with E-state index >= 15 is 0 Å². The normalized spacial score (nSPS) is 18.5. The highest BCUT2D eigenvalue weighted by Gasteiger charge is 2.53. The molecule has 2 nitrogen and oxygen atoms in total. The predicted octanol–water partition coefficient (Wildman–Crippen LogP) is 23.0. The van der Waals surface area contributed by atoms with Gasteiger partial charge in [0.05, 0.1) is 30.0 Å². The Morgan fingerprint density at radius 3 is 0.817 bits per heavy atom. The van der Waals surface area contributed by atoms with Crippen LogP contribution in [0.15, 0.2) is 353 Å². The minimum Gasteiger partial charge on any atom is -0.310 e. The Morgan fingerprint density at radius 2 is 0.505 bits per heavy atom. The third kappa shape index (κ3) is 7.70. The monoisotopic (exact) mass is 1190 g/mol. The van der Waals surface area contributed by atoms with Gasteiger partial charge in [-0.05, 0) is 195 Å². The quantitative estimate of drug-likeness (QED) is 0.120. The van der Waals surface area contributed by atoms with Gasteiger partial charge in [0.15, 0.2) is 0 Å². The van der Waals surface area contributed by atoms with Gasteiger partial charge in [0, 0.05) is 34.1 Å². The van der Waals surface area contributed by atoms with Crippen molar-refractivity contribution < 1.29 is 13.7 Å². The molecule has 0 bridgehead atoms. The van der Waals surface area contributed by atoms with Crippen LogP contribution in [-0.4, -0.2) is 0 Å². The minimum atomic E-state index is -1.39. The molecule has 0 radical (unpaired) electrons. The number of hydrogen-bond acceptors (Lipinski definition) is 2. The van der Waals surface area contributed by atoms with Crippen LogP contribution in [-0.2, 0) is 16.2 Å². The summed E-state index contributed by atoms with van der Waals surface area (Å²) in [6.45, 7) is 8.11. The molecule has 14 aromatic rings. The molecular formula is C91H62N2. The number of rotatable bonds is 12. The first-order valence-corrected chi connectivity index (χ1v) is 31.5. The molecule has 0 N–H and O–H groups in total. The third-order valence-corrected chi connectivity index (χ3v) is 20.1. The van der Waals surface area contributed by atoms with Gasteiger partial charge in [0.25, 0.3) is 0 Å². The summed E-state index contributed by atoms with van der Waals surface area (Å²) in [5.74, 6) is 0. The van der Waals surface area contributed by atoms with E-state index in [0.717, 1.165) is 145 Å². The Kier molecular flexibility index (Phi) is 10.1. The molecule has 93 heavy (non-hydrogen) atoms. The Hall–Kier alpha value is -11.8. The van der Waals surface area contributed by atoms with Crippen LogP contribution in [0.25, 0.3) is 56.7 Å². The van der Waals surface area contributed by atoms with Crippen LogP contribution >= 0.6 is 0 Å². The van der Waals surface area contributed by atoms with Gasteiger partial charge >= 0.3 is 0 Å². The third-order valence-electron chi connectivity index (χ3n) is 20.1. The van der Waals surface area contributed by atoms with Crippen molar-refractivity contribution in [2.45, 2.75) is 16.2 Å². The van der Waals surface area contributed by atoms with Crippen molar-refractivity contribution >= 4 is 46.3 Å². The summed E-state index contributed by atoms with van der Waals surface area (Å²) in [5.41, 5.74) is 20.4. The molecule has 2 unspecified atom stereocenters. The molecule has 18 rings (SSSR count). The fourth-order valence-electron chi connectivity index (χ4n) is 16.3. The number of hydrogen-bond donors (Lipinski definition) is 0. The largest absolute Gasteiger partial charge is 0.310 e. The van der Waals surface area contributed by atoms with E-state index in [9.17, 15) is 11.0 Å². The van der Waals surface area contributed by atoms with Crippen LogP contribution in [0, 0.1) is 0 Å². The molecule has 0 saturated carbocycles. The molecule has 4 aliphatic carbocycles. The average Bonchev–Trinajstić information content (AvgIpc) is 1.54. The molecular weight excluding hydrogens is 1120 g/mol. The molecule has 0 heterocycles. The van der Waals surface area contributed by atoms with E-state index in [0.29, 0.717) is 0 Å². The minimum absolute atomic E-state index is 0.165. The molecule has 4 aliphatic rings. The summed E-state index contributed by atoms with van der Waals surface area (Å²) in [7, 11) is 0. The number of para-hydroxylation sites is 2. The van der Waals surface area contributed by atoms with Gasteiger partial charge in [-0.15, -0.1) is 0 Å². The molecule has 1 spiro atoms. The van der Waals surface area contributed by atoms with Crippen LogP contribution in [0.1, 0.15) is 91.6 Å². The Balaban J connectivity index is 0.864. The van der Waals surface area contributed by atoms with E-state index in [-0.39, 0.29) is 35.3 Å². The van der Waals surface area contributed by atoms with Crippen molar-refractivity contribution in [3.8, 4) is 44.5 Å². The van der Waals surface area contributed by atoms with E-state index in [2.05, 4.69) is 181 Å². The molecule has 0 aliphatic heterocycles. The molecule has 2 atom stereocenters. The van der Waals surface area contributed by atoms with Crippen molar-refractivity contribution in [1.29, 1.82) is 0 Å². The highest BCUT2D eigenvalue weighted by Crippen LogP contribution is 2.65. The Labute approximate surface area is 558 Å². The van der Waals surface area contributed by atoms with Crippen molar-refractivity contribution in [1.82, 2.24) is 0 Å². The molecule has 0 saturated heterocycles. The number of fused-ring (bicyclic) bond motifs is 16. The standard InChI is InChI=1S/C91H62N2/c1-3-61-41-45-65(46-42-61)89(63-25-9-5-10-26-63)81-37-21-17-33-73(81)77-53-49-69(57-85(77)89)92(67-29-13-7-14-30-67)71-51-55-79-75-35-19-23-39-83(75)91(87(79)59-71)84-40-24-20-36-76(84)80-56-52-72(60-88(80)91)93(68-31-15-8-16-32-68)70-50-54-78-74-34-18-22-38-82(74)90(86(78)58-70,64-27-11-6-12-28-64)66-47-43-62(4-2)44-48-66/h3-60H,1-2H2/i5D,6D,9D,10D,11D,12D,25D,26D,27D,28D. The molecule has 0 amide bonds. The van der Waals surface area contributed by atoms with Crippen molar-refractivity contribution in [2.75, 3.05) is 9.80 Å². The molecule has 436 valence electrons. The summed E-state index contributed by atoms with van der Waals surface area (Å²) in [4.78, 5) is 4.54. The van der Waals surface area contributed by atoms with Gasteiger partial charge in [-0.3, -0.25) is 0 Å². The summed E-state index contributed by atoms with van der Waals surface area (Å²) in [6, 6.07) is 92.8. The second-order valence-corrected chi connectivity index (χ2v) is 24.3. The number of benzene rings is 14. The zero-order valence-electron chi connectivity index (χ0n) is 60.5. The second kappa shape index (κ2) is 21.1. The average molecular weight is 1190 g/mol. The maximum atomic E-state index is 9.81. The zero-order valence-corrected chi connectivity index (χ0v) is 50.5. The smallest absolute Gasteiger partial charge is 0.0727 e. The first-order chi connectivity index (χ1) is 50.2. The summed E-state index contributed by atoms with van der Waals surface area (Å²) >= 11 is 0. The topological polar surface area (TPSA) is 6.48 Å². The lowest BCUT2D eigenvalue weighted by molar-refractivity contribution is 0.768. The maximum absolute atomic E-state index is 9.81. The van der Waals surface area contributed by atoms with Gasteiger partial charge in [0.2, 0.25) is 0 Å². The maximum Gasteiger partial charge on any atom is 0.0727 e. The van der Waals surface area contributed by atoms with Crippen LogP contribution < -0.4 is 9.80 Å². The van der Waals surface area contributed by atoms with E-state index in [1.165, 1.54) is 0 Å². The van der Waals surface area contributed by atoms with Gasteiger partial charge in [0.1, 0.15) is 0 Å². The van der Waals surface area contributed by atoms with Crippen LogP contribution in [0.5, 0.6) is 0 Å². The van der Waals surface area contributed by atoms with Crippen LogP contribution in [0.2, 0.25) is 0 Å². The molecule has 2 heteroatoms. The van der Waals surface area contributed by atoms with E-state index < -0.39 is 52.5 Å². The molecule has 14 aromatic carbocycles. The SMILES string of the molecule is [2H]c1c([2H])c([2H])c(C2(c3ccc(C=C)cc3)c3ccccc3-c3ccc(N(c4ccccc4)c4ccc5c(c4)C4(c6ccccc6-5)c5ccccc5-c5ccc(N(c6ccccc6)c6ccc7c(c6)C(c6ccc(C=C)cc6)(c6c([2H])c([2H])c([2H])c([2H])c6[2H])c6ccccc6-7)cc54)cc32)c([2H])c1[2H]. The lowest BCUT2D eigenvalue weighted by Gasteiger charge is -2.35. The van der Waals surface area contributed by atoms with Gasteiger partial charge in [-0.1, -0.05) is 292 Å². The van der Waals surface area contributed by atoms with E-state index in [1.54, 1.807) is 12.2 Å². The van der Waals surface area contributed by atoms with Crippen LogP contribution in [0.4, 0.5) is 34.1 Å². The first kappa shape index (κ1) is 44.6. The number of anilines is 6. The number of nitrogens with zero attached hydrogens (tertiary/aromatic N) is 2. The lowest BCUT2D eigenvalue weighted by Crippen LogP contribution is -2.29. The summed E-state index contributed by atoms with van der Waals surface area (Å²) in [6.07, 6.45) is 3.55. The van der Waals surface area contributed by atoms with Crippen molar-refractivity contribution in [3.05, 3.63) is 431 Å². The van der Waals surface area contributed by atoms with Crippen LogP contribution in [0.3, 0.4) is 0 Å². The van der Waals surface area contributed by atoms with Gasteiger partial charge in [-0.2, -0.15) is 0 Å².